The summed E-state index contributed by atoms with van der Waals surface area (Å²) < 4.78 is 37.6. The predicted octanol–water partition coefficient (Wildman–Crippen LogP) is 4.90. The Hall–Kier alpha value is -3.85. The van der Waals surface area contributed by atoms with Gasteiger partial charge in [-0.3, -0.25) is 14.0 Å². The Morgan fingerprint density at radius 3 is 2.59 bits per heavy atom. The van der Waals surface area contributed by atoms with Crippen molar-refractivity contribution in [2.24, 2.45) is 7.05 Å². The Morgan fingerprint density at radius 2 is 1.88 bits per heavy atom. The second-order valence-electron chi connectivity index (χ2n) is 8.75. The summed E-state index contributed by atoms with van der Waals surface area (Å²) in [4.78, 5) is 4.61. The van der Waals surface area contributed by atoms with Crippen LogP contribution in [0.3, 0.4) is 0 Å². The van der Waals surface area contributed by atoms with Crippen molar-refractivity contribution in [3.05, 3.63) is 73.0 Å². The Labute approximate surface area is 196 Å². The molecule has 0 saturated heterocycles. The average Bonchev–Trinajstić information content (AvgIpc) is 3.24. The van der Waals surface area contributed by atoms with Crippen molar-refractivity contribution in [2.75, 3.05) is 4.72 Å². The third kappa shape index (κ3) is 3.77. The van der Waals surface area contributed by atoms with Crippen LogP contribution in [0.15, 0.2) is 71.7 Å². The van der Waals surface area contributed by atoms with E-state index in [1.807, 2.05) is 73.4 Å². The molecule has 1 N–H and O–H groups in total. The normalized spacial score (nSPS) is 14.1. The zero-order valence-corrected chi connectivity index (χ0v) is 19.6. The number of benzene rings is 2. The van der Waals surface area contributed by atoms with E-state index in [1.54, 1.807) is 17.1 Å². The smallest absolute Gasteiger partial charge is 0.235 e. The second kappa shape index (κ2) is 7.59. The number of sulfonamides is 1. The summed E-state index contributed by atoms with van der Waals surface area (Å²) in [5.74, 6) is 1.46. The summed E-state index contributed by atoms with van der Waals surface area (Å²) in [5.41, 5.74) is 5.87. The highest BCUT2D eigenvalue weighted by Crippen LogP contribution is 2.34. The van der Waals surface area contributed by atoms with Crippen LogP contribution in [0.1, 0.15) is 18.6 Å². The van der Waals surface area contributed by atoms with Gasteiger partial charge in [0.25, 0.3) is 0 Å². The summed E-state index contributed by atoms with van der Waals surface area (Å²) >= 11 is 0. The van der Waals surface area contributed by atoms with Crippen molar-refractivity contribution in [2.45, 2.75) is 25.0 Å². The first-order valence-electron chi connectivity index (χ1n) is 11.1. The number of aromatic nitrogens is 4. The Balaban J connectivity index is 1.45. The van der Waals surface area contributed by atoms with E-state index in [1.165, 1.54) is 0 Å². The average molecular weight is 474 g/mol. The molecule has 5 aromatic rings. The van der Waals surface area contributed by atoms with Gasteiger partial charge in [-0.05, 0) is 67.8 Å². The maximum Gasteiger partial charge on any atom is 0.235 e. The highest BCUT2D eigenvalue weighted by molar-refractivity contribution is 7.93. The molecule has 0 aliphatic heterocycles. The molecule has 1 aliphatic rings. The lowest BCUT2D eigenvalue weighted by Gasteiger charge is -2.13. The summed E-state index contributed by atoms with van der Waals surface area (Å²) in [6.07, 6.45) is 6.94. The van der Waals surface area contributed by atoms with Gasteiger partial charge >= 0.3 is 0 Å². The van der Waals surface area contributed by atoms with Gasteiger partial charge in [0.15, 0.2) is 0 Å². The first-order valence-corrected chi connectivity index (χ1v) is 12.6. The highest BCUT2D eigenvalue weighted by Gasteiger charge is 2.35. The van der Waals surface area contributed by atoms with Crippen molar-refractivity contribution in [3.8, 4) is 28.1 Å². The number of anilines is 1. The van der Waals surface area contributed by atoms with Crippen LogP contribution in [0.25, 0.3) is 39.2 Å². The topological polar surface area (TPSA) is 95.0 Å². The molecule has 1 fully saturated rings. The van der Waals surface area contributed by atoms with Crippen molar-refractivity contribution < 1.29 is 12.8 Å². The number of nitrogens with one attached hydrogen (secondary N) is 1. The van der Waals surface area contributed by atoms with Gasteiger partial charge in [0.1, 0.15) is 17.8 Å². The summed E-state index contributed by atoms with van der Waals surface area (Å²) in [7, 11) is -1.52. The van der Waals surface area contributed by atoms with Crippen LogP contribution in [0.2, 0.25) is 0 Å². The van der Waals surface area contributed by atoms with Crippen LogP contribution in [0, 0.1) is 6.92 Å². The van der Waals surface area contributed by atoms with Gasteiger partial charge in [-0.1, -0.05) is 6.07 Å². The molecular formula is C25H23N5O3S. The minimum atomic E-state index is -3.41. The van der Waals surface area contributed by atoms with Gasteiger partial charge in [-0.15, -0.1) is 0 Å². The minimum absolute atomic E-state index is 0.314. The molecule has 2 aromatic carbocycles. The first kappa shape index (κ1) is 20.7. The van der Waals surface area contributed by atoms with Crippen molar-refractivity contribution in [1.82, 2.24) is 19.3 Å². The molecule has 34 heavy (non-hydrogen) atoms. The third-order valence-corrected chi connectivity index (χ3v) is 7.90. The van der Waals surface area contributed by atoms with Gasteiger partial charge in [0.2, 0.25) is 10.0 Å². The monoisotopic (exact) mass is 473 g/mol. The second-order valence-corrected chi connectivity index (χ2v) is 10.7. The molecule has 3 heterocycles. The number of hydrogen-bond donors (Lipinski definition) is 1. The van der Waals surface area contributed by atoms with Gasteiger partial charge in [-0.25, -0.2) is 13.4 Å². The molecule has 1 aliphatic carbocycles. The number of rotatable bonds is 6. The van der Waals surface area contributed by atoms with Gasteiger partial charge in [-0.2, -0.15) is 5.10 Å². The third-order valence-electron chi connectivity index (χ3n) is 6.03. The highest BCUT2D eigenvalue weighted by atomic mass is 32.2. The standard InChI is InChI=1S/C25H23N5O3S/c1-16-3-8-25(33-16)18-9-20(28-34(31,32)22-5-6-22)12-21(10-18)30-15-26-23-11-17(4-7-24(23)30)19-13-27-29(2)14-19/h3-4,7-15,22,28H,5-6H2,1-2H3. The number of aryl methyl sites for hydroxylation is 2. The lowest BCUT2D eigenvalue weighted by atomic mass is 10.1. The molecule has 0 spiro atoms. The molecule has 8 nitrogen and oxygen atoms in total. The van der Waals surface area contributed by atoms with Crippen LogP contribution in [0.5, 0.6) is 0 Å². The molecule has 1 saturated carbocycles. The van der Waals surface area contributed by atoms with Crippen LogP contribution in [-0.2, 0) is 17.1 Å². The van der Waals surface area contributed by atoms with Crippen LogP contribution in [0.4, 0.5) is 5.69 Å². The molecular weight excluding hydrogens is 450 g/mol. The van der Waals surface area contributed by atoms with E-state index in [4.69, 9.17) is 4.42 Å². The Bertz CT molecular complexity index is 1640. The molecule has 3 aromatic heterocycles. The van der Waals surface area contributed by atoms with E-state index in [9.17, 15) is 8.42 Å². The van der Waals surface area contributed by atoms with Crippen molar-refractivity contribution in [3.63, 3.8) is 0 Å². The summed E-state index contributed by atoms with van der Waals surface area (Å²) in [6, 6.07) is 15.5. The maximum atomic E-state index is 12.6. The molecule has 0 amide bonds. The number of nitrogens with zero attached hydrogens (tertiary/aromatic N) is 4. The SMILES string of the molecule is Cc1ccc(-c2cc(NS(=O)(=O)C3CC3)cc(-n3cnc4cc(-c5cnn(C)c5)ccc43)c2)o1. The fraction of sp³-hybridized carbons (Fsp3) is 0.200. The summed E-state index contributed by atoms with van der Waals surface area (Å²) in [5, 5.41) is 3.93. The van der Waals surface area contributed by atoms with E-state index in [0.29, 0.717) is 24.3 Å². The van der Waals surface area contributed by atoms with Crippen molar-refractivity contribution in [1.29, 1.82) is 0 Å². The van der Waals surface area contributed by atoms with E-state index in [-0.39, 0.29) is 5.25 Å². The van der Waals surface area contributed by atoms with E-state index < -0.39 is 10.0 Å². The van der Waals surface area contributed by atoms with Crippen LogP contribution in [-0.4, -0.2) is 33.0 Å². The van der Waals surface area contributed by atoms with Crippen LogP contribution < -0.4 is 4.72 Å². The zero-order valence-electron chi connectivity index (χ0n) is 18.8. The molecule has 9 heteroatoms. The lowest BCUT2D eigenvalue weighted by molar-refractivity contribution is 0.548. The minimum Gasteiger partial charge on any atom is -0.461 e. The fourth-order valence-corrected chi connectivity index (χ4v) is 5.51. The molecule has 0 bridgehead atoms. The fourth-order valence-electron chi connectivity index (χ4n) is 4.14. The van der Waals surface area contributed by atoms with Gasteiger partial charge in [0, 0.05) is 30.1 Å². The summed E-state index contributed by atoms with van der Waals surface area (Å²) in [6.45, 7) is 1.88. The largest absolute Gasteiger partial charge is 0.461 e. The van der Waals surface area contributed by atoms with Gasteiger partial charge < -0.3 is 4.42 Å². The maximum absolute atomic E-state index is 12.6. The lowest BCUT2D eigenvalue weighted by Crippen LogP contribution is -2.17. The van der Waals surface area contributed by atoms with Gasteiger partial charge in [0.05, 0.1) is 28.2 Å². The molecule has 172 valence electrons. The number of hydrogen-bond acceptors (Lipinski definition) is 5. The quantitative estimate of drug-likeness (QED) is 0.379. The number of imidazole rings is 1. The number of furan rings is 1. The molecule has 0 unspecified atom stereocenters. The van der Waals surface area contributed by atoms with E-state index >= 15 is 0 Å². The first-order chi connectivity index (χ1) is 16.4. The van der Waals surface area contributed by atoms with Crippen molar-refractivity contribution >= 4 is 26.7 Å². The van der Waals surface area contributed by atoms with Crippen LogP contribution >= 0.6 is 0 Å². The molecule has 0 radical (unpaired) electrons. The number of fused-ring (bicyclic) bond motifs is 1. The Kier molecular flexibility index (Phi) is 4.63. The van der Waals surface area contributed by atoms with E-state index in [2.05, 4.69) is 14.8 Å². The van der Waals surface area contributed by atoms with E-state index in [0.717, 1.165) is 39.2 Å². The Morgan fingerprint density at radius 1 is 1.03 bits per heavy atom. The molecule has 6 rings (SSSR count). The molecule has 0 atom stereocenters. The zero-order chi connectivity index (χ0) is 23.4. The predicted molar refractivity (Wildman–Crippen MR) is 131 cm³/mol.